The number of thiocarbonyl (C=S) groups is 1. The van der Waals surface area contributed by atoms with Crippen LogP contribution in [0.25, 0.3) is 0 Å². The Morgan fingerprint density at radius 2 is 1.75 bits per heavy atom. The summed E-state index contributed by atoms with van der Waals surface area (Å²) in [5.74, 6) is 0. The molecule has 4 heterocycles. The standard InChI is InChI=1S/C29H37N5OS/c1-20-16-21(2)18-24(17-20)34-28(27(31-29(34)36)26-8-5-6-9-30-26)25-19-22(3)33(23(25)4)11-7-10-32-12-14-35-15-13-32/h5-6,8-9,16-19,27-28H,7,10-15H2,1-4H3,(H,31,36)/t27-,28+/m0/s1. The van der Waals surface area contributed by atoms with E-state index in [1.807, 2.05) is 12.3 Å². The number of aromatic nitrogens is 2. The molecule has 0 spiro atoms. The van der Waals surface area contributed by atoms with Gasteiger partial charge in [0.25, 0.3) is 0 Å². The van der Waals surface area contributed by atoms with Crippen molar-refractivity contribution in [3.8, 4) is 0 Å². The van der Waals surface area contributed by atoms with Crippen LogP contribution in [-0.4, -0.2) is 52.4 Å². The average Bonchev–Trinajstić information content (AvgIpc) is 3.35. The molecule has 0 saturated carbocycles. The third-order valence-electron chi connectivity index (χ3n) is 7.47. The largest absolute Gasteiger partial charge is 0.379 e. The number of ether oxygens (including phenoxy) is 1. The average molecular weight is 504 g/mol. The Hall–Kier alpha value is -2.74. The maximum absolute atomic E-state index is 5.95. The van der Waals surface area contributed by atoms with E-state index in [2.05, 4.69) is 83.8 Å². The normalized spacial score (nSPS) is 20.7. The van der Waals surface area contributed by atoms with Crippen LogP contribution in [0.15, 0.2) is 48.7 Å². The molecule has 2 aromatic heterocycles. The van der Waals surface area contributed by atoms with Crippen LogP contribution < -0.4 is 10.2 Å². The fraction of sp³-hybridized carbons (Fsp3) is 0.448. The van der Waals surface area contributed by atoms with Gasteiger partial charge in [-0.1, -0.05) is 12.1 Å². The molecule has 190 valence electrons. The SMILES string of the molecule is Cc1cc(C)cc(N2C(=S)N[C@@H](c3ccccn3)[C@H]2c2cc(C)n(CCCN3CCOCC3)c2C)c1. The molecule has 2 fully saturated rings. The Labute approximate surface area is 220 Å². The Balaban J connectivity index is 1.49. The molecule has 3 aromatic rings. The minimum absolute atomic E-state index is 0.0211. The highest BCUT2D eigenvalue weighted by Gasteiger charge is 2.42. The van der Waals surface area contributed by atoms with Gasteiger partial charge >= 0.3 is 0 Å². The van der Waals surface area contributed by atoms with E-state index in [1.54, 1.807) is 0 Å². The monoisotopic (exact) mass is 503 g/mol. The first-order valence-electron chi connectivity index (χ1n) is 13.0. The van der Waals surface area contributed by atoms with Crippen molar-refractivity contribution in [3.63, 3.8) is 0 Å². The number of rotatable bonds is 7. The van der Waals surface area contributed by atoms with Gasteiger partial charge < -0.3 is 19.5 Å². The molecular formula is C29H37N5OS. The minimum Gasteiger partial charge on any atom is -0.379 e. The van der Waals surface area contributed by atoms with Crippen LogP contribution in [0.4, 0.5) is 5.69 Å². The molecule has 0 aliphatic carbocycles. The summed E-state index contributed by atoms with van der Waals surface area (Å²) in [6.45, 7) is 14.7. The van der Waals surface area contributed by atoms with Gasteiger partial charge in [0.05, 0.1) is 31.0 Å². The van der Waals surface area contributed by atoms with Crippen LogP contribution >= 0.6 is 12.2 Å². The smallest absolute Gasteiger partial charge is 0.174 e. The number of pyridine rings is 1. The lowest BCUT2D eigenvalue weighted by molar-refractivity contribution is 0.0369. The Kier molecular flexibility index (Phi) is 7.42. The summed E-state index contributed by atoms with van der Waals surface area (Å²) in [7, 11) is 0. The lowest BCUT2D eigenvalue weighted by Gasteiger charge is -2.29. The first kappa shape index (κ1) is 24.9. The van der Waals surface area contributed by atoms with Crippen molar-refractivity contribution in [1.29, 1.82) is 0 Å². The van der Waals surface area contributed by atoms with E-state index >= 15 is 0 Å². The summed E-state index contributed by atoms with van der Waals surface area (Å²) >= 11 is 5.95. The summed E-state index contributed by atoms with van der Waals surface area (Å²) in [6, 6.07) is 15.1. The fourth-order valence-corrected chi connectivity index (χ4v) is 6.13. The number of nitrogens with one attached hydrogen (secondary N) is 1. The van der Waals surface area contributed by atoms with E-state index in [9.17, 15) is 0 Å². The van der Waals surface area contributed by atoms with Crippen molar-refractivity contribution in [3.05, 3.63) is 82.4 Å². The molecule has 6 nitrogen and oxygen atoms in total. The number of aryl methyl sites for hydroxylation is 3. The van der Waals surface area contributed by atoms with Crippen molar-refractivity contribution in [2.24, 2.45) is 0 Å². The summed E-state index contributed by atoms with van der Waals surface area (Å²) in [6.07, 6.45) is 2.99. The molecule has 2 atom stereocenters. The molecule has 7 heteroatoms. The zero-order chi connectivity index (χ0) is 25.2. The molecule has 2 aliphatic rings. The zero-order valence-electron chi connectivity index (χ0n) is 21.8. The van der Waals surface area contributed by atoms with Crippen LogP contribution in [0.5, 0.6) is 0 Å². The van der Waals surface area contributed by atoms with Crippen LogP contribution in [0, 0.1) is 27.7 Å². The van der Waals surface area contributed by atoms with E-state index in [0.29, 0.717) is 0 Å². The number of morpholine rings is 1. The van der Waals surface area contributed by atoms with Gasteiger partial charge in [0.2, 0.25) is 0 Å². The molecule has 0 unspecified atom stereocenters. The number of nitrogens with zero attached hydrogens (tertiary/aromatic N) is 4. The third kappa shape index (κ3) is 5.05. The van der Waals surface area contributed by atoms with Gasteiger partial charge in [-0.25, -0.2) is 0 Å². The second kappa shape index (κ2) is 10.7. The number of hydrogen-bond acceptors (Lipinski definition) is 4. The molecular weight excluding hydrogens is 466 g/mol. The molecule has 2 saturated heterocycles. The summed E-state index contributed by atoms with van der Waals surface area (Å²) < 4.78 is 7.98. The molecule has 1 N–H and O–H groups in total. The van der Waals surface area contributed by atoms with E-state index < -0.39 is 0 Å². The van der Waals surface area contributed by atoms with E-state index in [4.69, 9.17) is 21.9 Å². The highest BCUT2D eigenvalue weighted by Crippen LogP contribution is 2.43. The molecule has 36 heavy (non-hydrogen) atoms. The fourth-order valence-electron chi connectivity index (χ4n) is 5.79. The predicted octanol–water partition coefficient (Wildman–Crippen LogP) is 5.02. The van der Waals surface area contributed by atoms with Crippen molar-refractivity contribution >= 4 is 23.0 Å². The zero-order valence-corrected chi connectivity index (χ0v) is 22.6. The molecule has 0 amide bonds. The van der Waals surface area contributed by atoms with Crippen LogP contribution in [0.3, 0.4) is 0 Å². The van der Waals surface area contributed by atoms with Crippen LogP contribution in [0.2, 0.25) is 0 Å². The third-order valence-corrected chi connectivity index (χ3v) is 7.79. The molecule has 2 aliphatic heterocycles. The molecule has 0 bridgehead atoms. The highest BCUT2D eigenvalue weighted by molar-refractivity contribution is 7.80. The molecule has 0 radical (unpaired) electrons. The van der Waals surface area contributed by atoms with E-state index in [1.165, 1.54) is 28.1 Å². The van der Waals surface area contributed by atoms with Gasteiger partial charge in [0, 0.05) is 49.5 Å². The van der Waals surface area contributed by atoms with Crippen LogP contribution in [0.1, 0.15) is 52.3 Å². The maximum Gasteiger partial charge on any atom is 0.174 e. The van der Waals surface area contributed by atoms with Crippen molar-refractivity contribution in [2.75, 3.05) is 37.7 Å². The summed E-state index contributed by atoms with van der Waals surface area (Å²) in [4.78, 5) is 9.53. The first-order chi connectivity index (χ1) is 17.4. The molecule has 5 rings (SSSR count). The lowest BCUT2D eigenvalue weighted by atomic mass is 9.96. The second-order valence-electron chi connectivity index (χ2n) is 10.1. The quantitative estimate of drug-likeness (QED) is 0.457. The van der Waals surface area contributed by atoms with Gasteiger partial charge in [-0.3, -0.25) is 9.88 Å². The maximum atomic E-state index is 5.95. The van der Waals surface area contributed by atoms with Gasteiger partial charge in [0.15, 0.2) is 5.11 Å². The van der Waals surface area contributed by atoms with Gasteiger partial charge in [-0.15, -0.1) is 0 Å². The van der Waals surface area contributed by atoms with E-state index in [-0.39, 0.29) is 12.1 Å². The Morgan fingerprint density at radius 1 is 1.00 bits per heavy atom. The first-order valence-corrected chi connectivity index (χ1v) is 13.4. The number of hydrogen-bond donors (Lipinski definition) is 1. The Morgan fingerprint density at radius 3 is 2.44 bits per heavy atom. The Bertz CT molecular complexity index is 1200. The second-order valence-corrected chi connectivity index (χ2v) is 10.5. The van der Waals surface area contributed by atoms with Crippen molar-refractivity contribution in [2.45, 2.75) is 52.7 Å². The number of anilines is 1. The minimum atomic E-state index is -0.0261. The summed E-state index contributed by atoms with van der Waals surface area (Å²) in [5.41, 5.74) is 8.52. The topological polar surface area (TPSA) is 45.6 Å². The van der Waals surface area contributed by atoms with Gasteiger partial charge in [0.1, 0.15) is 0 Å². The highest BCUT2D eigenvalue weighted by atomic mass is 32.1. The van der Waals surface area contributed by atoms with Gasteiger partial charge in [-0.05, 0) is 93.4 Å². The van der Waals surface area contributed by atoms with Crippen molar-refractivity contribution in [1.82, 2.24) is 19.8 Å². The van der Waals surface area contributed by atoms with E-state index in [0.717, 1.165) is 62.3 Å². The number of benzene rings is 1. The van der Waals surface area contributed by atoms with Crippen LogP contribution in [-0.2, 0) is 11.3 Å². The summed E-state index contributed by atoms with van der Waals surface area (Å²) in [5, 5.41) is 4.36. The predicted molar refractivity (Wildman–Crippen MR) is 150 cm³/mol. The van der Waals surface area contributed by atoms with Crippen molar-refractivity contribution < 1.29 is 4.74 Å². The molecule has 1 aromatic carbocycles. The lowest BCUT2D eigenvalue weighted by Crippen LogP contribution is -2.37. The van der Waals surface area contributed by atoms with Gasteiger partial charge in [-0.2, -0.15) is 0 Å².